The van der Waals surface area contributed by atoms with Crippen molar-refractivity contribution in [1.82, 2.24) is 9.55 Å². The fourth-order valence-electron chi connectivity index (χ4n) is 1.45. The fourth-order valence-corrected chi connectivity index (χ4v) is 1.98. The summed E-state index contributed by atoms with van der Waals surface area (Å²) in [5, 5.41) is 4.90. The number of sulfonamides is 1. The molecule has 0 bridgehead atoms. The lowest BCUT2D eigenvalue weighted by atomic mass is 10.3. The van der Waals surface area contributed by atoms with Crippen LogP contribution in [0.15, 0.2) is 35.6 Å². The van der Waals surface area contributed by atoms with Crippen LogP contribution < -0.4 is 9.88 Å². The van der Waals surface area contributed by atoms with Crippen molar-refractivity contribution in [2.45, 2.75) is 11.5 Å². The summed E-state index contributed by atoms with van der Waals surface area (Å²) >= 11 is 0. The van der Waals surface area contributed by atoms with Gasteiger partial charge in [-0.15, -0.1) is 0 Å². The number of aromatic nitrogens is 2. The maximum Gasteiger partial charge on any atom is 0.238 e. The van der Waals surface area contributed by atoms with E-state index in [9.17, 15) is 12.8 Å². The molecular weight excluding hydrogens is 273 g/mol. The molecule has 0 radical (unpaired) electrons. The van der Waals surface area contributed by atoms with Gasteiger partial charge < -0.3 is 9.30 Å². The Morgan fingerprint density at radius 3 is 2.74 bits per heavy atom. The first-order chi connectivity index (χ1) is 8.88. The predicted octanol–water partition coefficient (Wildman–Crippen LogP) is 0.786. The molecule has 0 aliphatic rings. The number of benzene rings is 1. The van der Waals surface area contributed by atoms with E-state index < -0.39 is 15.8 Å². The number of nitrogens with two attached hydrogens (primary N) is 1. The Kier molecular flexibility index (Phi) is 3.54. The van der Waals surface area contributed by atoms with Gasteiger partial charge in [0, 0.05) is 7.05 Å². The molecule has 0 aliphatic carbocycles. The van der Waals surface area contributed by atoms with Gasteiger partial charge in [0.15, 0.2) is 11.6 Å². The quantitative estimate of drug-likeness (QED) is 0.899. The summed E-state index contributed by atoms with van der Waals surface area (Å²) in [5.74, 6) is -0.831. The van der Waals surface area contributed by atoms with Crippen LogP contribution in [-0.4, -0.2) is 18.0 Å². The zero-order valence-corrected chi connectivity index (χ0v) is 10.9. The van der Waals surface area contributed by atoms with Gasteiger partial charge in [0.2, 0.25) is 10.0 Å². The largest absolute Gasteiger partial charge is 0.484 e. The first-order valence-electron chi connectivity index (χ1n) is 5.28. The highest BCUT2D eigenvalue weighted by molar-refractivity contribution is 7.89. The Morgan fingerprint density at radius 1 is 1.47 bits per heavy atom. The first kappa shape index (κ1) is 13.5. The Bertz CT molecular complexity index is 697. The molecule has 0 saturated heterocycles. The molecule has 0 spiro atoms. The summed E-state index contributed by atoms with van der Waals surface area (Å²) in [5.41, 5.74) is 0.759. The van der Waals surface area contributed by atoms with Crippen molar-refractivity contribution in [3.63, 3.8) is 0 Å². The van der Waals surface area contributed by atoms with Crippen LogP contribution in [0.3, 0.4) is 0 Å². The van der Waals surface area contributed by atoms with Crippen molar-refractivity contribution in [3.05, 3.63) is 42.2 Å². The zero-order chi connectivity index (χ0) is 14.0. The van der Waals surface area contributed by atoms with E-state index in [0.29, 0.717) is 0 Å². The lowest BCUT2D eigenvalue weighted by molar-refractivity contribution is 0.282. The molecule has 0 unspecified atom stereocenters. The molecule has 8 heteroatoms. The zero-order valence-electron chi connectivity index (χ0n) is 10.1. The van der Waals surface area contributed by atoms with Crippen molar-refractivity contribution < 1.29 is 17.5 Å². The normalized spacial score (nSPS) is 11.5. The van der Waals surface area contributed by atoms with Crippen LogP contribution in [0.4, 0.5) is 4.39 Å². The lowest BCUT2D eigenvalue weighted by Crippen LogP contribution is -2.12. The van der Waals surface area contributed by atoms with Crippen LogP contribution in [0.25, 0.3) is 0 Å². The first-order valence-corrected chi connectivity index (χ1v) is 6.83. The monoisotopic (exact) mass is 285 g/mol. The molecule has 1 aromatic carbocycles. The summed E-state index contributed by atoms with van der Waals surface area (Å²) in [6, 6.07) is 3.25. The number of hydrogen-bond acceptors (Lipinski definition) is 4. The molecule has 0 amide bonds. The number of rotatable bonds is 4. The van der Waals surface area contributed by atoms with E-state index in [0.717, 1.165) is 11.8 Å². The highest BCUT2D eigenvalue weighted by Gasteiger charge is 2.12. The average Bonchev–Trinajstić information content (AvgIpc) is 2.72. The molecule has 0 atom stereocenters. The number of halogens is 1. The van der Waals surface area contributed by atoms with Gasteiger partial charge in [-0.2, -0.15) is 0 Å². The maximum absolute atomic E-state index is 13.6. The van der Waals surface area contributed by atoms with Gasteiger partial charge in [-0.1, -0.05) is 0 Å². The molecule has 2 aromatic rings. The molecule has 0 aliphatic heterocycles. The number of primary sulfonamides is 1. The second-order valence-corrected chi connectivity index (χ2v) is 5.48. The topological polar surface area (TPSA) is 87.2 Å². The standard InChI is InChI=1S/C11H12FN3O3S/c1-15-7-14-5-8(15)6-18-11-3-2-9(4-10(11)12)19(13,16)17/h2-5,7H,6H2,1H3,(H2,13,16,17). The molecule has 0 fully saturated rings. The number of hydrogen-bond donors (Lipinski definition) is 1. The second-order valence-electron chi connectivity index (χ2n) is 3.92. The van der Waals surface area contributed by atoms with Gasteiger partial charge in [0.05, 0.1) is 23.1 Å². The summed E-state index contributed by atoms with van der Waals surface area (Å²) in [7, 11) is -2.13. The Labute approximate surface area is 109 Å². The molecule has 1 aromatic heterocycles. The van der Waals surface area contributed by atoms with E-state index in [1.807, 2.05) is 0 Å². The average molecular weight is 285 g/mol. The highest BCUT2D eigenvalue weighted by atomic mass is 32.2. The summed E-state index contributed by atoms with van der Waals surface area (Å²) in [6.07, 6.45) is 3.19. The lowest BCUT2D eigenvalue weighted by Gasteiger charge is -2.08. The van der Waals surface area contributed by atoms with Crippen LogP contribution in [0.2, 0.25) is 0 Å². The third-order valence-corrected chi connectivity index (χ3v) is 3.43. The molecular formula is C11H12FN3O3S. The minimum absolute atomic E-state index is 0.0476. The van der Waals surface area contributed by atoms with Gasteiger partial charge in [-0.3, -0.25) is 0 Å². The second kappa shape index (κ2) is 4.98. The third kappa shape index (κ3) is 3.09. The van der Waals surface area contributed by atoms with Gasteiger partial charge >= 0.3 is 0 Å². The Hall–Kier alpha value is -1.93. The minimum Gasteiger partial charge on any atom is -0.484 e. The number of imidazole rings is 1. The fraction of sp³-hybridized carbons (Fsp3) is 0.182. The number of aryl methyl sites for hydroxylation is 1. The van der Waals surface area contributed by atoms with E-state index in [1.54, 1.807) is 24.1 Å². The smallest absolute Gasteiger partial charge is 0.238 e. The Morgan fingerprint density at radius 2 is 2.21 bits per heavy atom. The van der Waals surface area contributed by atoms with E-state index in [2.05, 4.69) is 4.98 Å². The molecule has 6 nitrogen and oxygen atoms in total. The Balaban J connectivity index is 2.16. The summed E-state index contributed by atoms with van der Waals surface area (Å²) in [6.45, 7) is 0.127. The van der Waals surface area contributed by atoms with Gasteiger partial charge in [0.1, 0.15) is 6.61 Å². The van der Waals surface area contributed by atoms with Crippen LogP contribution in [-0.2, 0) is 23.7 Å². The van der Waals surface area contributed by atoms with Crippen molar-refractivity contribution in [3.8, 4) is 5.75 Å². The van der Waals surface area contributed by atoms with Crippen molar-refractivity contribution >= 4 is 10.0 Å². The summed E-state index contributed by atoms with van der Waals surface area (Å²) in [4.78, 5) is 3.60. The molecule has 0 saturated carbocycles. The number of nitrogens with zero attached hydrogens (tertiary/aromatic N) is 2. The van der Waals surface area contributed by atoms with Gasteiger partial charge in [0.25, 0.3) is 0 Å². The van der Waals surface area contributed by atoms with E-state index >= 15 is 0 Å². The van der Waals surface area contributed by atoms with E-state index in [1.165, 1.54) is 12.1 Å². The SMILES string of the molecule is Cn1cncc1COc1ccc(S(N)(=O)=O)cc1F. The molecule has 102 valence electrons. The van der Waals surface area contributed by atoms with Crippen LogP contribution in [0, 0.1) is 5.82 Å². The molecule has 2 rings (SSSR count). The third-order valence-electron chi connectivity index (χ3n) is 2.52. The maximum atomic E-state index is 13.6. The van der Waals surface area contributed by atoms with E-state index in [4.69, 9.17) is 9.88 Å². The molecule has 1 heterocycles. The van der Waals surface area contributed by atoms with Crippen molar-refractivity contribution in [2.75, 3.05) is 0 Å². The number of ether oxygens (including phenoxy) is 1. The predicted molar refractivity (Wildman–Crippen MR) is 65.3 cm³/mol. The van der Waals surface area contributed by atoms with Crippen molar-refractivity contribution in [2.24, 2.45) is 12.2 Å². The summed E-state index contributed by atoms with van der Waals surface area (Å²) < 4.78 is 42.7. The van der Waals surface area contributed by atoms with Crippen LogP contribution in [0.1, 0.15) is 5.69 Å². The minimum atomic E-state index is -3.92. The van der Waals surface area contributed by atoms with Crippen LogP contribution >= 0.6 is 0 Å². The highest BCUT2D eigenvalue weighted by Crippen LogP contribution is 2.21. The molecule has 19 heavy (non-hydrogen) atoms. The van der Waals surface area contributed by atoms with Crippen molar-refractivity contribution in [1.29, 1.82) is 0 Å². The van der Waals surface area contributed by atoms with Gasteiger partial charge in [-0.05, 0) is 18.2 Å². The van der Waals surface area contributed by atoms with Gasteiger partial charge in [-0.25, -0.2) is 22.9 Å². The van der Waals surface area contributed by atoms with E-state index in [-0.39, 0.29) is 17.3 Å². The van der Waals surface area contributed by atoms with Crippen LogP contribution in [0.5, 0.6) is 5.75 Å². The molecule has 2 N–H and O–H groups in total.